The van der Waals surface area contributed by atoms with Gasteiger partial charge >= 0.3 is 0 Å². The molecule has 0 aliphatic carbocycles. The summed E-state index contributed by atoms with van der Waals surface area (Å²) in [6, 6.07) is 14.3. The Morgan fingerprint density at radius 1 is 1.14 bits per heavy atom. The lowest BCUT2D eigenvalue weighted by atomic mass is 9.93. The highest BCUT2D eigenvalue weighted by molar-refractivity contribution is 6.08. The summed E-state index contributed by atoms with van der Waals surface area (Å²) >= 11 is 0. The number of amides is 1. The molecule has 0 radical (unpaired) electrons. The molecule has 0 bridgehead atoms. The van der Waals surface area contributed by atoms with E-state index in [1.54, 1.807) is 24.3 Å². The Labute approximate surface area is 212 Å². The van der Waals surface area contributed by atoms with E-state index < -0.39 is 24.7 Å². The molecule has 0 fully saturated rings. The molecular weight excluding hydrogens is 482 g/mol. The van der Waals surface area contributed by atoms with Crippen molar-refractivity contribution in [2.75, 3.05) is 14.0 Å². The Morgan fingerprint density at radius 3 is 2.62 bits per heavy atom. The maximum absolute atomic E-state index is 13.9. The summed E-state index contributed by atoms with van der Waals surface area (Å²) in [5.41, 5.74) is 3.91. The molecule has 1 amide bonds. The van der Waals surface area contributed by atoms with Gasteiger partial charge in [0, 0.05) is 49.2 Å². The van der Waals surface area contributed by atoms with Gasteiger partial charge in [-0.1, -0.05) is 42.5 Å². The summed E-state index contributed by atoms with van der Waals surface area (Å²) in [6.07, 6.45) is 3.13. The summed E-state index contributed by atoms with van der Waals surface area (Å²) in [6.45, 7) is -0.659. The van der Waals surface area contributed by atoms with Crippen molar-refractivity contribution in [1.82, 2.24) is 15.5 Å². The standard InChI is InChI=1S/C27H26F2N4O4/c1-36-15-21-22(13-18-8-6-17(7-9-18)12-20-23(34)10-11-30-26(20)29)32-33-25(21)27(35)31-14-19-4-2-3-5-24(19)37-16-28/h2-11,20H,12-16H2,1H3,(H,31,35)(H,32,33). The average Bonchev–Trinajstić information content (AvgIpc) is 3.29. The third-order valence-electron chi connectivity index (χ3n) is 5.99. The number of nitrogens with one attached hydrogen (secondary N) is 2. The van der Waals surface area contributed by atoms with Gasteiger partial charge in [0.05, 0.1) is 12.5 Å². The minimum absolute atomic E-state index is 0.135. The Kier molecular flexibility index (Phi) is 8.52. The number of rotatable bonds is 11. The van der Waals surface area contributed by atoms with Crippen LogP contribution < -0.4 is 10.1 Å². The molecular formula is C27H26F2N4O4. The van der Waals surface area contributed by atoms with Gasteiger partial charge in [-0.15, -0.1) is 0 Å². The molecule has 10 heteroatoms. The van der Waals surface area contributed by atoms with E-state index in [2.05, 4.69) is 20.5 Å². The smallest absolute Gasteiger partial charge is 0.272 e. The summed E-state index contributed by atoms with van der Waals surface area (Å²) in [7, 11) is 1.53. The second kappa shape index (κ2) is 12.2. The van der Waals surface area contributed by atoms with Crippen molar-refractivity contribution in [1.29, 1.82) is 0 Å². The number of aliphatic imine (C=N–C) groups is 1. The average molecular weight is 509 g/mol. The zero-order valence-corrected chi connectivity index (χ0v) is 20.2. The summed E-state index contributed by atoms with van der Waals surface area (Å²) in [5.74, 6) is -1.93. The number of aromatic nitrogens is 2. The number of methoxy groups -OCH3 is 1. The van der Waals surface area contributed by atoms with E-state index >= 15 is 0 Å². The molecule has 37 heavy (non-hydrogen) atoms. The van der Waals surface area contributed by atoms with Gasteiger partial charge < -0.3 is 14.8 Å². The highest BCUT2D eigenvalue weighted by Crippen LogP contribution is 2.21. The number of hydrogen-bond acceptors (Lipinski definition) is 6. The first-order valence-electron chi connectivity index (χ1n) is 11.6. The first-order valence-corrected chi connectivity index (χ1v) is 11.6. The van der Waals surface area contributed by atoms with Crippen LogP contribution in [0.15, 0.2) is 65.8 Å². The van der Waals surface area contributed by atoms with E-state index in [1.165, 1.54) is 19.4 Å². The molecule has 192 valence electrons. The van der Waals surface area contributed by atoms with Crippen LogP contribution in [-0.2, 0) is 35.5 Å². The molecule has 2 heterocycles. The van der Waals surface area contributed by atoms with E-state index in [1.807, 2.05) is 24.3 Å². The maximum Gasteiger partial charge on any atom is 0.272 e. The molecule has 0 saturated carbocycles. The molecule has 1 unspecified atom stereocenters. The predicted octanol–water partition coefficient (Wildman–Crippen LogP) is 4.01. The normalized spacial score (nSPS) is 14.9. The monoisotopic (exact) mass is 508 g/mol. The lowest BCUT2D eigenvalue weighted by molar-refractivity contribution is -0.116. The largest absolute Gasteiger partial charge is 0.463 e. The zero-order valence-electron chi connectivity index (χ0n) is 20.2. The zero-order chi connectivity index (χ0) is 26.2. The van der Waals surface area contributed by atoms with Crippen LogP contribution in [0.4, 0.5) is 8.78 Å². The number of H-pyrrole nitrogens is 1. The van der Waals surface area contributed by atoms with Gasteiger partial charge in [0.15, 0.2) is 17.4 Å². The highest BCUT2D eigenvalue weighted by Gasteiger charge is 2.25. The van der Waals surface area contributed by atoms with Crippen LogP contribution in [0.5, 0.6) is 5.75 Å². The number of ketones is 1. The highest BCUT2D eigenvalue weighted by atomic mass is 19.1. The SMILES string of the molecule is COCc1c(C(=O)NCc2ccccc2OCF)n[nH]c1Cc1ccc(CC2C(=O)C=CN=C2F)cc1. The second-order valence-electron chi connectivity index (χ2n) is 8.43. The van der Waals surface area contributed by atoms with Crippen molar-refractivity contribution in [2.45, 2.75) is 26.0 Å². The topological polar surface area (TPSA) is 106 Å². The number of halogens is 2. The van der Waals surface area contributed by atoms with Crippen molar-refractivity contribution in [3.8, 4) is 5.75 Å². The fraction of sp³-hybridized carbons (Fsp3) is 0.259. The van der Waals surface area contributed by atoms with Crippen molar-refractivity contribution in [3.05, 3.63) is 94.4 Å². The quantitative estimate of drug-likeness (QED) is 0.407. The summed E-state index contributed by atoms with van der Waals surface area (Å²) < 4.78 is 36.8. The van der Waals surface area contributed by atoms with E-state index in [-0.39, 0.29) is 31.0 Å². The van der Waals surface area contributed by atoms with Gasteiger partial charge in [-0.2, -0.15) is 9.49 Å². The third kappa shape index (κ3) is 6.34. The number of para-hydroxylation sites is 1. The Bertz CT molecular complexity index is 1320. The third-order valence-corrected chi connectivity index (χ3v) is 5.99. The van der Waals surface area contributed by atoms with Gasteiger partial charge in [0.25, 0.3) is 5.91 Å². The number of aromatic amines is 1. The molecule has 2 aromatic carbocycles. The number of carbonyl (C=O) groups is 2. The first-order chi connectivity index (χ1) is 18.0. The molecule has 0 saturated heterocycles. The van der Waals surface area contributed by atoms with Gasteiger partial charge in [-0.3, -0.25) is 14.7 Å². The number of alkyl halides is 1. The Morgan fingerprint density at radius 2 is 1.89 bits per heavy atom. The van der Waals surface area contributed by atoms with Crippen LogP contribution in [0.2, 0.25) is 0 Å². The molecule has 2 N–H and O–H groups in total. The minimum atomic E-state index is -0.964. The number of allylic oxidation sites excluding steroid dienone is 1. The number of carbonyl (C=O) groups excluding carboxylic acids is 2. The molecule has 4 rings (SSSR count). The molecule has 0 spiro atoms. The van der Waals surface area contributed by atoms with Crippen LogP contribution in [0.1, 0.15) is 38.4 Å². The maximum atomic E-state index is 13.9. The van der Waals surface area contributed by atoms with Crippen LogP contribution in [0.25, 0.3) is 0 Å². The Balaban J connectivity index is 1.43. The van der Waals surface area contributed by atoms with E-state index in [0.717, 1.165) is 11.1 Å². The molecule has 3 aromatic rings. The van der Waals surface area contributed by atoms with Crippen LogP contribution in [0, 0.1) is 5.92 Å². The number of nitrogens with zero attached hydrogens (tertiary/aromatic N) is 2. The minimum Gasteiger partial charge on any atom is -0.463 e. The molecule has 8 nitrogen and oxygen atoms in total. The number of benzene rings is 2. The van der Waals surface area contributed by atoms with Gasteiger partial charge in [0.2, 0.25) is 6.86 Å². The van der Waals surface area contributed by atoms with Crippen LogP contribution in [0.3, 0.4) is 0 Å². The van der Waals surface area contributed by atoms with Gasteiger partial charge in [-0.25, -0.2) is 9.38 Å². The molecule has 1 aliphatic rings. The molecule has 1 atom stereocenters. The van der Waals surface area contributed by atoms with Gasteiger partial charge in [0.1, 0.15) is 5.75 Å². The van der Waals surface area contributed by atoms with Crippen molar-refractivity contribution in [3.63, 3.8) is 0 Å². The fourth-order valence-corrected chi connectivity index (χ4v) is 4.07. The fourth-order valence-electron chi connectivity index (χ4n) is 4.07. The number of ether oxygens (including phenoxy) is 2. The van der Waals surface area contributed by atoms with Gasteiger partial charge in [-0.05, 0) is 23.6 Å². The predicted molar refractivity (Wildman–Crippen MR) is 133 cm³/mol. The van der Waals surface area contributed by atoms with E-state index in [4.69, 9.17) is 9.47 Å². The number of hydrogen-bond donors (Lipinski definition) is 2. The first kappa shape index (κ1) is 25.9. The van der Waals surface area contributed by atoms with Crippen molar-refractivity contribution >= 4 is 17.7 Å². The lowest BCUT2D eigenvalue weighted by Crippen LogP contribution is -2.24. The second-order valence-corrected chi connectivity index (χ2v) is 8.43. The van der Waals surface area contributed by atoms with E-state index in [9.17, 15) is 18.4 Å². The van der Waals surface area contributed by atoms with Crippen LogP contribution in [-0.4, -0.2) is 41.8 Å². The summed E-state index contributed by atoms with van der Waals surface area (Å²) in [5, 5.41) is 9.93. The van der Waals surface area contributed by atoms with E-state index in [0.29, 0.717) is 29.0 Å². The van der Waals surface area contributed by atoms with Crippen molar-refractivity contribution in [2.24, 2.45) is 10.9 Å². The molecule has 1 aromatic heterocycles. The van der Waals surface area contributed by atoms with Crippen molar-refractivity contribution < 1.29 is 27.8 Å². The lowest BCUT2D eigenvalue weighted by Gasteiger charge is -2.13. The Hall–Kier alpha value is -4.18. The molecule has 1 aliphatic heterocycles. The summed E-state index contributed by atoms with van der Waals surface area (Å²) in [4.78, 5) is 28.5. The van der Waals surface area contributed by atoms with Crippen LogP contribution >= 0.6 is 0 Å².